The third-order valence-electron chi connectivity index (χ3n) is 6.13. The lowest BCUT2D eigenvalue weighted by Gasteiger charge is -2.36. The summed E-state index contributed by atoms with van der Waals surface area (Å²) in [5.41, 5.74) is 5.97. The minimum Gasteiger partial charge on any atom is -0.368 e. The number of hydrogen-bond donors (Lipinski definition) is 0. The number of benzene rings is 2. The topological polar surface area (TPSA) is 66.6 Å². The molecule has 0 spiro atoms. The molecule has 32 heavy (non-hydrogen) atoms. The van der Waals surface area contributed by atoms with Gasteiger partial charge < -0.3 is 9.80 Å². The van der Waals surface area contributed by atoms with Crippen molar-refractivity contribution in [3.8, 4) is 11.1 Å². The Bertz CT molecular complexity index is 1240. The van der Waals surface area contributed by atoms with Crippen LogP contribution in [0.3, 0.4) is 0 Å². The van der Waals surface area contributed by atoms with E-state index in [0.29, 0.717) is 24.4 Å². The second kappa shape index (κ2) is 8.42. The molecule has 0 radical (unpaired) electrons. The highest BCUT2D eigenvalue weighted by atomic mass is 16.2. The molecule has 1 amide bonds. The van der Waals surface area contributed by atoms with E-state index >= 15 is 0 Å². The third kappa shape index (κ3) is 3.49. The Morgan fingerprint density at radius 3 is 2.22 bits per heavy atom. The van der Waals surface area contributed by atoms with Gasteiger partial charge in [-0.05, 0) is 31.0 Å². The summed E-state index contributed by atoms with van der Waals surface area (Å²) < 4.78 is 1.78. The standard InChI is InChI=1S/C25H26N6O/c1-3-21-22(19-10-6-4-7-11-19)24-27-26-23(18(2)31(24)28-21)25(32)30-16-14-29(15-17-30)20-12-8-5-9-13-20/h4-13H,3,14-17H2,1-2H3. The van der Waals surface area contributed by atoms with Gasteiger partial charge in [0, 0.05) is 31.9 Å². The Morgan fingerprint density at radius 1 is 0.906 bits per heavy atom. The minimum absolute atomic E-state index is 0.0839. The number of anilines is 1. The molecule has 0 unspecified atom stereocenters. The van der Waals surface area contributed by atoms with E-state index in [1.54, 1.807) is 4.52 Å². The molecule has 1 fully saturated rings. The van der Waals surface area contributed by atoms with Crippen molar-refractivity contribution in [2.24, 2.45) is 0 Å². The van der Waals surface area contributed by atoms with Gasteiger partial charge in [-0.3, -0.25) is 4.79 Å². The zero-order valence-electron chi connectivity index (χ0n) is 18.4. The van der Waals surface area contributed by atoms with Gasteiger partial charge in [0.05, 0.1) is 17.0 Å². The normalized spacial score (nSPS) is 14.2. The maximum absolute atomic E-state index is 13.3. The Hall–Kier alpha value is -3.74. The first-order chi connectivity index (χ1) is 15.7. The Balaban J connectivity index is 1.43. The fourth-order valence-corrected chi connectivity index (χ4v) is 4.35. The number of para-hydroxylation sites is 1. The van der Waals surface area contributed by atoms with Crippen molar-refractivity contribution in [1.82, 2.24) is 24.7 Å². The highest BCUT2D eigenvalue weighted by molar-refractivity contribution is 5.94. The van der Waals surface area contributed by atoms with Gasteiger partial charge in [0.2, 0.25) is 0 Å². The molecule has 5 rings (SSSR count). The van der Waals surface area contributed by atoms with Crippen LogP contribution in [0.15, 0.2) is 60.7 Å². The number of aromatic nitrogens is 4. The molecule has 2 aromatic heterocycles. The van der Waals surface area contributed by atoms with Crippen LogP contribution in [0, 0.1) is 6.92 Å². The minimum atomic E-state index is -0.0839. The van der Waals surface area contributed by atoms with Gasteiger partial charge in [-0.15, -0.1) is 10.2 Å². The highest BCUT2D eigenvalue weighted by Crippen LogP contribution is 2.28. The number of rotatable bonds is 4. The zero-order chi connectivity index (χ0) is 22.1. The van der Waals surface area contributed by atoms with Crippen molar-refractivity contribution in [2.45, 2.75) is 20.3 Å². The second-order valence-corrected chi connectivity index (χ2v) is 8.03. The van der Waals surface area contributed by atoms with Crippen molar-refractivity contribution >= 4 is 17.2 Å². The van der Waals surface area contributed by atoms with E-state index in [-0.39, 0.29) is 5.91 Å². The van der Waals surface area contributed by atoms with Gasteiger partial charge in [-0.25, -0.2) is 4.52 Å². The van der Waals surface area contributed by atoms with Crippen LogP contribution in [0.2, 0.25) is 0 Å². The van der Waals surface area contributed by atoms with E-state index < -0.39 is 0 Å². The zero-order valence-corrected chi connectivity index (χ0v) is 18.4. The average Bonchev–Trinajstić information content (AvgIpc) is 3.25. The van der Waals surface area contributed by atoms with Gasteiger partial charge in [-0.1, -0.05) is 55.5 Å². The summed E-state index contributed by atoms with van der Waals surface area (Å²) in [4.78, 5) is 17.5. The van der Waals surface area contributed by atoms with Gasteiger partial charge in [0.25, 0.3) is 5.91 Å². The second-order valence-electron chi connectivity index (χ2n) is 8.03. The van der Waals surface area contributed by atoms with Crippen LogP contribution >= 0.6 is 0 Å². The van der Waals surface area contributed by atoms with Crippen LogP contribution in [-0.2, 0) is 6.42 Å². The predicted molar refractivity (Wildman–Crippen MR) is 125 cm³/mol. The van der Waals surface area contributed by atoms with Gasteiger partial charge in [-0.2, -0.15) is 5.10 Å². The summed E-state index contributed by atoms with van der Waals surface area (Å²) in [6, 6.07) is 20.4. The molecule has 3 heterocycles. The largest absolute Gasteiger partial charge is 0.368 e. The average molecular weight is 427 g/mol. The number of amides is 1. The SMILES string of the molecule is CCc1nn2c(C)c(C(=O)N3CCN(c4ccccc4)CC3)nnc2c1-c1ccccc1. The monoisotopic (exact) mass is 426 g/mol. The van der Waals surface area contributed by atoms with E-state index in [2.05, 4.69) is 46.3 Å². The summed E-state index contributed by atoms with van der Waals surface area (Å²) in [7, 11) is 0. The Morgan fingerprint density at radius 2 is 1.56 bits per heavy atom. The van der Waals surface area contributed by atoms with Crippen LogP contribution in [-0.4, -0.2) is 56.8 Å². The lowest BCUT2D eigenvalue weighted by Crippen LogP contribution is -2.49. The number of hydrogen-bond acceptors (Lipinski definition) is 5. The molecule has 1 aliphatic heterocycles. The molecule has 1 saturated heterocycles. The first kappa shape index (κ1) is 20.2. The van der Waals surface area contributed by atoms with Crippen molar-refractivity contribution in [3.63, 3.8) is 0 Å². The number of aryl methyl sites for hydroxylation is 2. The van der Waals surface area contributed by atoms with Crippen LogP contribution in [0.5, 0.6) is 0 Å². The lowest BCUT2D eigenvalue weighted by molar-refractivity contribution is 0.0738. The molecule has 0 saturated carbocycles. The number of piperazine rings is 1. The fourth-order valence-electron chi connectivity index (χ4n) is 4.35. The van der Waals surface area contributed by atoms with E-state index in [1.807, 2.05) is 48.2 Å². The Labute approximate surface area is 187 Å². The van der Waals surface area contributed by atoms with E-state index in [0.717, 1.165) is 42.0 Å². The van der Waals surface area contributed by atoms with Crippen LogP contribution in [0.1, 0.15) is 28.8 Å². The molecule has 0 atom stereocenters. The van der Waals surface area contributed by atoms with Crippen molar-refractivity contribution in [3.05, 3.63) is 77.7 Å². The van der Waals surface area contributed by atoms with Gasteiger partial charge in [0.1, 0.15) is 0 Å². The molecule has 2 aromatic carbocycles. The molecule has 0 bridgehead atoms. The molecule has 0 aliphatic carbocycles. The molecular weight excluding hydrogens is 400 g/mol. The predicted octanol–water partition coefficient (Wildman–Crippen LogP) is 3.62. The quantitative estimate of drug-likeness (QED) is 0.499. The molecule has 4 aromatic rings. The fraction of sp³-hybridized carbons (Fsp3) is 0.280. The molecule has 7 heteroatoms. The smallest absolute Gasteiger partial charge is 0.276 e. The van der Waals surface area contributed by atoms with Gasteiger partial charge in [0.15, 0.2) is 11.3 Å². The van der Waals surface area contributed by atoms with E-state index in [9.17, 15) is 4.79 Å². The summed E-state index contributed by atoms with van der Waals surface area (Å²) in [6.45, 7) is 6.88. The number of carbonyl (C=O) groups is 1. The van der Waals surface area contributed by atoms with E-state index in [1.165, 1.54) is 5.69 Å². The van der Waals surface area contributed by atoms with Crippen molar-refractivity contribution < 1.29 is 4.79 Å². The van der Waals surface area contributed by atoms with Gasteiger partial charge >= 0.3 is 0 Å². The first-order valence-corrected chi connectivity index (χ1v) is 11.1. The molecular formula is C25H26N6O. The van der Waals surface area contributed by atoms with Crippen LogP contribution in [0.25, 0.3) is 16.8 Å². The van der Waals surface area contributed by atoms with Crippen LogP contribution in [0.4, 0.5) is 5.69 Å². The molecule has 162 valence electrons. The van der Waals surface area contributed by atoms with E-state index in [4.69, 9.17) is 5.10 Å². The first-order valence-electron chi connectivity index (χ1n) is 11.1. The summed E-state index contributed by atoms with van der Waals surface area (Å²) in [5.74, 6) is -0.0839. The van der Waals surface area contributed by atoms with Crippen molar-refractivity contribution in [1.29, 1.82) is 0 Å². The third-order valence-corrected chi connectivity index (χ3v) is 6.13. The number of nitrogens with zero attached hydrogens (tertiary/aromatic N) is 6. The summed E-state index contributed by atoms with van der Waals surface area (Å²) >= 11 is 0. The number of fused-ring (bicyclic) bond motifs is 1. The Kier molecular flexibility index (Phi) is 5.31. The summed E-state index contributed by atoms with van der Waals surface area (Å²) in [5, 5.41) is 13.6. The molecule has 1 aliphatic rings. The maximum Gasteiger partial charge on any atom is 0.276 e. The van der Waals surface area contributed by atoms with Crippen LogP contribution < -0.4 is 4.90 Å². The molecule has 0 N–H and O–H groups in total. The van der Waals surface area contributed by atoms with Crippen molar-refractivity contribution in [2.75, 3.05) is 31.1 Å². The lowest BCUT2D eigenvalue weighted by atomic mass is 10.0. The summed E-state index contributed by atoms with van der Waals surface area (Å²) in [6.07, 6.45) is 0.776. The molecule has 7 nitrogen and oxygen atoms in total. The number of carbonyl (C=O) groups excluding carboxylic acids is 1. The highest BCUT2D eigenvalue weighted by Gasteiger charge is 2.27. The maximum atomic E-state index is 13.3.